The zero-order valence-electron chi connectivity index (χ0n) is 14.6. The van der Waals surface area contributed by atoms with E-state index >= 15 is 0 Å². The Morgan fingerprint density at radius 3 is 2.28 bits per heavy atom. The summed E-state index contributed by atoms with van der Waals surface area (Å²) < 4.78 is 0. The number of hydrogen-bond acceptors (Lipinski definition) is 3. The lowest BCUT2D eigenvalue weighted by molar-refractivity contribution is -0.123. The van der Waals surface area contributed by atoms with Crippen LogP contribution in [0.2, 0.25) is 0 Å². The van der Waals surface area contributed by atoms with Crippen LogP contribution in [0, 0.1) is 0 Å². The number of benzene rings is 2. The molecule has 25 heavy (non-hydrogen) atoms. The van der Waals surface area contributed by atoms with E-state index in [9.17, 15) is 4.79 Å². The number of hydrogen-bond donors (Lipinski definition) is 2. The largest absolute Gasteiger partial charge is 0.352 e. The van der Waals surface area contributed by atoms with E-state index in [-0.39, 0.29) is 11.9 Å². The number of nitrogens with one attached hydrogen (secondary N) is 1. The molecule has 2 aromatic carbocycles. The zero-order valence-corrected chi connectivity index (χ0v) is 14.6. The smallest absolute Gasteiger partial charge is 0.241 e. The molecule has 1 aliphatic heterocycles. The minimum Gasteiger partial charge on any atom is -0.352 e. The lowest BCUT2D eigenvalue weighted by Gasteiger charge is -2.32. The summed E-state index contributed by atoms with van der Waals surface area (Å²) in [7, 11) is 0. The number of nitrogens with two attached hydrogens (primary N) is 1. The van der Waals surface area contributed by atoms with Crippen molar-refractivity contribution in [2.75, 3.05) is 19.6 Å². The highest BCUT2D eigenvalue weighted by Crippen LogP contribution is 2.14. The van der Waals surface area contributed by atoms with Gasteiger partial charge < -0.3 is 16.0 Å². The Bertz CT molecular complexity index is 651. The highest BCUT2D eigenvalue weighted by molar-refractivity contribution is 5.83. The molecule has 1 saturated heterocycles. The average Bonchev–Trinajstić information content (AvgIpc) is 2.68. The summed E-state index contributed by atoms with van der Waals surface area (Å²) >= 11 is 0. The SMILES string of the molecule is NC(C(=O)NC1CCN(CCc2ccccc2)CC1)c1ccccc1. The number of nitrogens with zero attached hydrogens (tertiary/aromatic N) is 1. The average molecular weight is 337 g/mol. The third-order valence-corrected chi connectivity index (χ3v) is 4.93. The number of rotatable bonds is 6. The molecule has 1 aliphatic rings. The highest BCUT2D eigenvalue weighted by Gasteiger charge is 2.23. The number of amides is 1. The van der Waals surface area contributed by atoms with Crippen LogP contribution in [0.5, 0.6) is 0 Å². The predicted octanol–water partition coefficient (Wildman–Crippen LogP) is 2.51. The van der Waals surface area contributed by atoms with Gasteiger partial charge >= 0.3 is 0 Å². The molecule has 1 amide bonds. The van der Waals surface area contributed by atoms with Gasteiger partial charge in [-0.1, -0.05) is 60.7 Å². The molecule has 3 rings (SSSR count). The molecule has 0 bridgehead atoms. The van der Waals surface area contributed by atoms with E-state index < -0.39 is 6.04 Å². The molecule has 1 unspecified atom stereocenters. The van der Waals surface area contributed by atoms with Crippen LogP contribution < -0.4 is 11.1 Å². The predicted molar refractivity (Wildman–Crippen MR) is 101 cm³/mol. The summed E-state index contributed by atoms with van der Waals surface area (Å²) in [6.45, 7) is 3.13. The normalized spacial score (nSPS) is 17.2. The Balaban J connectivity index is 1.41. The third-order valence-electron chi connectivity index (χ3n) is 4.93. The van der Waals surface area contributed by atoms with Gasteiger partial charge in [0, 0.05) is 25.7 Å². The van der Waals surface area contributed by atoms with Crippen LogP contribution in [0.1, 0.15) is 30.0 Å². The third kappa shape index (κ3) is 5.15. The Morgan fingerprint density at radius 1 is 1.04 bits per heavy atom. The van der Waals surface area contributed by atoms with E-state index in [2.05, 4.69) is 40.5 Å². The lowest BCUT2D eigenvalue weighted by Crippen LogP contribution is -2.47. The second-order valence-electron chi connectivity index (χ2n) is 6.75. The van der Waals surface area contributed by atoms with Crippen LogP contribution in [0.4, 0.5) is 0 Å². The van der Waals surface area contributed by atoms with E-state index in [0.717, 1.165) is 44.5 Å². The summed E-state index contributed by atoms with van der Waals surface area (Å²) in [4.78, 5) is 14.8. The van der Waals surface area contributed by atoms with Crippen LogP contribution in [0.25, 0.3) is 0 Å². The molecular weight excluding hydrogens is 310 g/mol. The quantitative estimate of drug-likeness (QED) is 0.851. The van der Waals surface area contributed by atoms with E-state index in [4.69, 9.17) is 5.73 Å². The van der Waals surface area contributed by atoms with Crippen LogP contribution in [0.3, 0.4) is 0 Å². The monoisotopic (exact) mass is 337 g/mol. The van der Waals surface area contributed by atoms with Crippen molar-refractivity contribution in [3.8, 4) is 0 Å². The fourth-order valence-electron chi connectivity index (χ4n) is 3.34. The van der Waals surface area contributed by atoms with Gasteiger partial charge in [-0.25, -0.2) is 0 Å². The van der Waals surface area contributed by atoms with Crippen molar-refractivity contribution in [2.45, 2.75) is 31.3 Å². The van der Waals surface area contributed by atoms with E-state index in [1.165, 1.54) is 5.56 Å². The van der Waals surface area contributed by atoms with Gasteiger partial charge in [-0.05, 0) is 30.4 Å². The number of likely N-dealkylation sites (tertiary alicyclic amines) is 1. The fourth-order valence-corrected chi connectivity index (χ4v) is 3.34. The summed E-state index contributed by atoms with van der Waals surface area (Å²) in [5.74, 6) is -0.0751. The molecule has 132 valence electrons. The molecule has 0 radical (unpaired) electrons. The number of carbonyl (C=O) groups excluding carboxylic acids is 1. The van der Waals surface area contributed by atoms with Gasteiger partial charge in [-0.15, -0.1) is 0 Å². The first-order valence-electron chi connectivity index (χ1n) is 9.09. The van der Waals surface area contributed by atoms with E-state index in [1.807, 2.05) is 30.3 Å². The van der Waals surface area contributed by atoms with Gasteiger partial charge in [0.1, 0.15) is 6.04 Å². The summed E-state index contributed by atoms with van der Waals surface area (Å²) in [6, 6.07) is 19.8. The van der Waals surface area contributed by atoms with Crippen molar-refractivity contribution >= 4 is 5.91 Å². The van der Waals surface area contributed by atoms with Crippen LogP contribution in [0.15, 0.2) is 60.7 Å². The topological polar surface area (TPSA) is 58.4 Å². The molecule has 0 aliphatic carbocycles. The van der Waals surface area contributed by atoms with Crippen molar-refractivity contribution in [3.05, 3.63) is 71.8 Å². The van der Waals surface area contributed by atoms with Gasteiger partial charge in [0.05, 0.1) is 0 Å². The van der Waals surface area contributed by atoms with Gasteiger partial charge in [-0.2, -0.15) is 0 Å². The maximum absolute atomic E-state index is 12.4. The van der Waals surface area contributed by atoms with Crippen LogP contribution in [-0.2, 0) is 11.2 Å². The molecule has 4 heteroatoms. The Morgan fingerprint density at radius 2 is 1.64 bits per heavy atom. The van der Waals surface area contributed by atoms with E-state index in [1.54, 1.807) is 0 Å². The van der Waals surface area contributed by atoms with Gasteiger partial charge in [0.25, 0.3) is 0 Å². The number of piperidine rings is 1. The van der Waals surface area contributed by atoms with Crippen molar-refractivity contribution in [1.82, 2.24) is 10.2 Å². The first-order chi connectivity index (χ1) is 12.2. The molecule has 0 aromatic heterocycles. The molecule has 0 saturated carbocycles. The first-order valence-corrected chi connectivity index (χ1v) is 9.09. The standard InChI is InChI=1S/C21H27N3O/c22-20(18-9-5-2-6-10-18)21(25)23-19-12-15-24(16-13-19)14-11-17-7-3-1-4-8-17/h1-10,19-20H,11-16,22H2,(H,23,25). The van der Waals surface area contributed by atoms with E-state index in [0.29, 0.717) is 0 Å². The van der Waals surface area contributed by atoms with Gasteiger partial charge in [-0.3, -0.25) is 4.79 Å². The molecule has 3 N–H and O–H groups in total. The van der Waals surface area contributed by atoms with Gasteiger partial charge in [0.2, 0.25) is 5.91 Å². The second kappa shape index (κ2) is 8.79. The van der Waals surface area contributed by atoms with Gasteiger partial charge in [0.15, 0.2) is 0 Å². The maximum Gasteiger partial charge on any atom is 0.241 e. The number of carbonyl (C=O) groups is 1. The molecule has 1 fully saturated rings. The van der Waals surface area contributed by atoms with Crippen molar-refractivity contribution in [1.29, 1.82) is 0 Å². The Hall–Kier alpha value is -2.17. The maximum atomic E-state index is 12.4. The van der Waals surface area contributed by atoms with Crippen LogP contribution in [-0.4, -0.2) is 36.5 Å². The highest BCUT2D eigenvalue weighted by atomic mass is 16.2. The molecular formula is C21H27N3O. The van der Waals surface area contributed by atoms with Crippen LogP contribution >= 0.6 is 0 Å². The summed E-state index contributed by atoms with van der Waals surface area (Å²) in [5, 5.41) is 3.12. The Labute approximate surface area is 150 Å². The first kappa shape index (κ1) is 17.6. The molecule has 1 atom stereocenters. The summed E-state index contributed by atoms with van der Waals surface area (Å²) in [5.41, 5.74) is 8.32. The second-order valence-corrected chi connectivity index (χ2v) is 6.75. The van der Waals surface area contributed by atoms with Crippen molar-refractivity contribution in [2.24, 2.45) is 5.73 Å². The van der Waals surface area contributed by atoms with Crippen molar-refractivity contribution < 1.29 is 4.79 Å². The molecule has 0 spiro atoms. The Kier molecular flexibility index (Phi) is 6.20. The van der Waals surface area contributed by atoms with Crippen molar-refractivity contribution in [3.63, 3.8) is 0 Å². The minimum absolute atomic E-state index is 0.0751. The molecule has 1 heterocycles. The fraction of sp³-hybridized carbons (Fsp3) is 0.381. The zero-order chi connectivity index (χ0) is 17.5. The summed E-state index contributed by atoms with van der Waals surface area (Å²) in [6.07, 6.45) is 3.06. The molecule has 2 aromatic rings. The minimum atomic E-state index is -0.586. The molecule has 4 nitrogen and oxygen atoms in total. The lowest BCUT2D eigenvalue weighted by atomic mass is 10.0.